The number of ketones is 1. The average Bonchev–Trinajstić information content (AvgIpc) is 2.40. The van der Waals surface area contributed by atoms with Gasteiger partial charge in [-0.25, -0.2) is 0 Å². The highest BCUT2D eigenvalue weighted by molar-refractivity contribution is 8.00. The molecule has 0 spiro atoms. The lowest BCUT2D eigenvalue weighted by atomic mass is 10.1. The van der Waals surface area contributed by atoms with Gasteiger partial charge in [-0.05, 0) is 30.3 Å². The van der Waals surface area contributed by atoms with Crippen molar-refractivity contribution >= 4 is 40.7 Å². The fourth-order valence-corrected chi connectivity index (χ4v) is 2.65. The molecule has 0 aliphatic rings. The maximum atomic E-state index is 12.0. The minimum absolute atomic E-state index is 0.0173. The van der Waals surface area contributed by atoms with Crippen molar-refractivity contribution in [3.8, 4) is 0 Å². The third-order valence-electron chi connectivity index (χ3n) is 2.34. The summed E-state index contributed by atoms with van der Waals surface area (Å²) < 4.78 is 0. The van der Waals surface area contributed by atoms with Gasteiger partial charge < -0.3 is 0 Å². The molecule has 1 nitrogen and oxygen atoms in total. The number of benzene rings is 2. The molecule has 2 aromatic rings. The molecule has 0 bridgehead atoms. The monoisotopic (exact) mass is 296 g/mol. The van der Waals surface area contributed by atoms with Crippen LogP contribution in [0.2, 0.25) is 10.0 Å². The van der Waals surface area contributed by atoms with Crippen molar-refractivity contribution < 1.29 is 4.79 Å². The fourth-order valence-electron chi connectivity index (χ4n) is 1.45. The van der Waals surface area contributed by atoms with Crippen LogP contribution in [0.4, 0.5) is 0 Å². The predicted molar refractivity (Wildman–Crippen MR) is 78.0 cm³/mol. The van der Waals surface area contributed by atoms with Crippen LogP contribution in [0.1, 0.15) is 10.4 Å². The molecular weight excluding hydrogens is 287 g/mol. The number of rotatable bonds is 4. The van der Waals surface area contributed by atoms with Gasteiger partial charge in [0.2, 0.25) is 0 Å². The Balaban J connectivity index is 2.06. The molecule has 0 saturated heterocycles. The Morgan fingerprint density at radius 3 is 2.50 bits per heavy atom. The molecule has 0 unspecified atom stereocenters. The van der Waals surface area contributed by atoms with Crippen molar-refractivity contribution in [2.45, 2.75) is 4.90 Å². The van der Waals surface area contributed by atoms with Gasteiger partial charge in [-0.3, -0.25) is 4.79 Å². The SMILES string of the molecule is O=C(CSc1ccccc1)c1cc(Cl)ccc1Cl. The van der Waals surface area contributed by atoms with Crippen LogP contribution in [-0.4, -0.2) is 11.5 Å². The molecule has 0 saturated carbocycles. The third-order valence-corrected chi connectivity index (χ3v) is 3.92. The normalized spacial score (nSPS) is 10.3. The zero-order valence-electron chi connectivity index (χ0n) is 9.40. The highest BCUT2D eigenvalue weighted by Gasteiger charge is 2.11. The molecule has 0 atom stereocenters. The van der Waals surface area contributed by atoms with Gasteiger partial charge in [-0.15, -0.1) is 11.8 Å². The molecule has 0 aliphatic carbocycles. The van der Waals surface area contributed by atoms with Crippen LogP contribution in [0.15, 0.2) is 53.4 Å². The Kier molecular flexibility index (Phi) is 4.70. The van der Waals surface area contributed by atoms with Gasteiger partial charge in [0, 0.05) is 15.5 Å². The van der Waals surface area contributed by atoms with E-state index in [2.05, 4.69) is 0 Å². The van der Waals surface area contributed by atoms with Crippen LogP contribution in [-0.2, 0) is 0 Å². The van der Waals surface area contributed by atoms with Crippen molar-refractivity contribution in [2.75, 3.05) is 5.75 Å². The van der Waals surface area contributed by atoms with Gasteiger partial charge in [0.1, 0.15) is 0 Å². The number of thioether (sulfide) groups is 1. The summed E-state index contributed by atoms with van der Waals surface area (Å²) in [5.74, 6) is 0.334. The molecule has 92 valence electrons. The van der Waals surface area contributed by atoms with E-state index in [1.54, 1.807) is 18.2 Å². The van der Waals surface area contributed by atoms with E-state index in [1.807, 2.05) is 30.3 Å². The molecule has 0 aromatic heterocycles. The summed E-state index contributed by atoms with van der Waals surface area (Å²) in [4.78, 5) is 13.1. The molecule has 2 aromatic carbocycles. The molecule has 0 N–H and O–H groups in total. The van der Waals surface area contributed by atoms with E-state index >= 15 is 0 Å². The Hall–Kier alpha value is -0.960. The molecule has 0 amide bonds. The molecule has 0 heterocycles. The first-order valence-corrected chi connectivity index (χ1v) is 7.07. The van der Waals surface area contributed by atoms with Crippen LogP contribution in [0.25, 0.3) is 0 Å². The zero-order chi connectivity index (χ0) is 13.0. The van der Waals surface area contributed by atoms with Crippen LogP contribution in [0.5, 0.6) is 0 Å². The second kappa shape index (κ2) is 6.28. The van der Waals surface area contributed by atoms with E-state index in [-0.39, 0.29) is 5.78 Å². The lowest BCUT2D eigenvalue weighted by Crippen LogP contribution is -2.03. The highest BCUT2D eigenvalue weighted by atomic mass is 35.5. The number of carbonyl (C=O) groups is 1. The van der Waals surface area contributed by atoms with Gasteiger partial charge in [0.05, 0.1) is 10.8 Å². The van der Waals surface area contributed by atoms with Crippen LogP contribution in [0, 0.1) is 0 Å². The Labute approximate surface area is 120 Å². The summed E-state index contributed by atoms with van der Waals surface area (Å²) in [6.07, 6.45) is 0. The highest BCUT2D eigenvalue weighted by Crippen LogP contribution is 2.24. The molecule has 18 heavy (non-hydrogen) atoms. The predicted octanol–water partition coefficient (Wildman–Crippen LogP) is 4.97. The fraction of sp³-hybridized carbons (Fsp3) is 0.0714. The maximum Gasteiger partial charge on any atom is 0.174 e. The number of Topliss-reactive ketones (excluding diaryl/α,β-unsaturated/α-hetero) is 1. The number of carbonyl (C=O) groups excluding carboxylic acids is 1. The molecule has 2 rings (SSSR count). The zero-order valence-corrected chi connectivity index (χ0v) is 11.7. The maximum absolute atomic E-state index is 12.0. The number of hydrogen-bond donors (Lipinski definition) is 0. The summed E-state index contributed by atoms with van der Waals surface area (Å²) in [6, 6.07) is 14.7. The Morgan fingerprint density at radius 2 is 1.78 bits per heavy atom. The Bertz CT molecular complexity index is 555. The average molecular weight is 297 g/mol. The van der Waals surface area contributed by atoms with Crippen LogP contribution < -0.4 is 0 Å². The van der Waals surface area contributed by atoms with Gasteiger partial charge in [0.25, 0.3) is 0 Å². The molecule has 0 fully saturated rings. The van der Waals surface area contributed by atoms with E-state index in [4.69, 9.17) is 23.2 Å². The second-order valence-electron chi connectivity index (χ2n) is 3.65. The lowest BCUT2D eigenvalue weighted by molar-refractivity contribution is 0.102. The van der Waals surface area contributed by atoms with Crippen molar-refractivity contribution in [1.82, 2.24) is 0 Å². The topological polar surface area (TPSA) is 17.1 Å². The van der Waals surface area contributed by atoms with Gasteiger partial charge >= 0.3 is 0 Å². The lowest BCUT2D eigenvalue weighted by Gasteiger charge is -2.04. The van der Waals surface area contributed by atoms with Crippen LogP contribution in [0.3, 0.4) is 0 Å². The molecular formula is C14H10Cl2OS. The number of hydrogen-bond acceptors (Lipinski definition) is 2. The first-order chi connectivity index (χ1) is 8.66. The summed E-state index contributed by atoms with van der Waals surface area (Å²) >= 11 is 13.3. The summed E-state index contributed by atoms with van der Waals surface area (Å²) in [7, 11) is 0. The molecule has 4 heteroatoms. The first kappa shape index (κ1) is 13.5. The standard InChI is InChI=1S/C14H10Cl2OS/c15-10-6-7-13(16)12(8-10)14(17)9-18-11-4-2-1-3-5-11/h1-8H,9H2. The second-order valence-corrected chi connectivity index (χ2v) is 5.54. The third kappa shape index (κ3) is 3.52. The van der Waals surface area contributed by atoms with E-state index in [0.29, 0.717) is 21.4 Å². The van der Waals surface area contributed by atoms with E-state index in [1.165, 1.54) is 11.8 Å². The van der Waals surface area contributed by atoms with Crippen molar-refractivity contribution in [2.24, 2.45) is 0 Å². The first-order valence-electron chi connectivity index (χ1n) is 5.33. The minimum Gasteiger partial charge on any atom is -0.293 e. The summed E-state index contributed by atoms with van der Waals surface area (Å²) in [5.41, 5.74) is 0.479. The van der Waals surface area contributed by atoms with Crippen molar-refractivity contribution in [3.63, 3.8) is 0 Å². The largest absolute Gasteiger partial charge is 0.293 e. The van der Waals surface area contributed by atoms with Crippen molar-refractivity contribution in [1.29, 1.82) is 0 Å². The van der Waals surface area contributed by atoms with Crippen LogP contribution >= 0.6 is 35.0 Å². The Morgan fingerprint density at radius 1 is 1.06 bits per heavy atom. The van der Waals surface area contributed by atoms with Crippen molar-refractivity contribution in [3.05, 3.63) is 64.1 Å². The van der Waals surface area contributed by atoms with E-state index in [0.717, 1.165) is 4.90 Å². The molecule has 0 aliphatic heterocycles. The van der Waals surface area contributed by atoms with E-state index < -0.39 is 0 Å². The summed E-state index contributed by atoms with van der Waals surface area (Å²) in [5, 5.41) is 0.963. The van der Waals surface area contributed by atoms with Gasteiger partial charge in [-0.2, -0.15) is 0 Å². The number of halogens is 2. The summed E-state index contributed by atoms with van der Waals surface area (Å²) in [6.45, 7) is 0. The van der Waals surface area contributed by atoms with Gasteiger partial charge in [0.15, 0.2) is 5.78 Å². The van der Waals surface area contributed by atoms with Gasteiger partial charge in [-0.1, -0.05) is 41.4 Å². The minimum atomic E-state index is -0.0173. The quantitative estimate of drug-likeness (QED) is 0.585. The molecule has 0 radical (unpaired) electrons. The smallest absolute Gasteiger partial charge is 0.174 e. The van der Waals surface area contributed by atoms with E-state index in [9.17, 15) is 4.79 Å².